The highest BCUT2D eigenvalue weighted by Crippen LogP contribution is 2.40. The van der Waals surface area contributed by atoms with Crippen LogP contribution in [0.3, 0.4) is 0 Å². The normalized spacial score (nSPS) is 26.8. The van der Waals surface area contributed by atoms with Crippen molar-refractivity contribution in [3.05, 3.63) is 23.8 Å². The van der Waals surface area contributed by atoms with Gasteiger partial charge in [-0.3, -0.25) is 0 Å². The van der Waals surface area contributed by atoms with E-state index >= 15 is 0 Å². The van der Waals surface area contributed by atoms with Gasteiger partial charge in [-0.25, -0.2) is 9.97 Å². The maximum Gasteiger partial charge on any atom is 0.160 e. The highest BCUT2D eigenvalue weighted by atomic mass is 16.5. The lowest BCUT2D eigenvalue weighted by Crippen LogP contribution is -2.37. The lowest BCUT2D eigenvalue weighted by atomic mass is 9.78. The molecule has 0 aliphatic heterocycles. The van der Waals surface area contributed by atoms with Crippen molar-refractivity contribution in [1.82, 2.24) is 15.3 Å². The summed E-state index contributed by atoms with van der Waals surface area (Å²) >= 11 is 0. The van der Waals surface area contributed by atoms with Gasteiger partial charge in [0, 0.05) is 25.4 Å². The number of methoxy groups -OCH3 is 1. The third kappa shape index (κ3) is 4.24. The molecule has 1 fully saturated rings. The van der Waals surface area contributed by atoms with Crippen LogP contribution in [0.5, 0.6) is 0 Å². The van der Waals surface area contributed by atoms with E-state index in [9.17, 15) is 0 Å². The SMILES string of the molecule is COC1(c2nccc(CNC(C)(C)C)n2)CCCC(C)C1. The van der Waals surface area contributed by atoms with E-state index < -0.39 is 0 Å². The topological polar surface area (TPSA) is 47.0 Å². The highest BCUT2D eigenvalue weighted by Gasteiger charge is 2.39. The number of nitrogens with one attached hydrogen (secondary N) is 1. The van der Waals surface area contributed by atoms with Crippen molar-refractivity contribution in [2.45, 2.75) is 71.1 Å². The highest BCUT2D eigenvalue weighted by molar-refractivity contribution is 5.10. The second kappa shape index (κ2) is 6.41. The van der Waals surface area contributed by atoms with Gasteiger partial charge in [-0.2, -0.15) is 0 Å². The van der Waals surface area contributed by atoms with Gasteiger partial charge in [-0.05, 0) is 52.0 Å². The molecule has 2 atom stereocenters. The molecule has 2 rings (SSSR count). The van der Waals surface area contributed by atoms with Crippen LogP contribution >= 0.6 is 0 Å². The number of aromatic nitrogens is 2. The van der Waals surface area contributed by atoms with Gasteiger partial charge in [0.2, 0.25) is 0 Å². The molecule has 1 aromatic heterocycles. The zero-order valence-corrected chi connectivity index (χ0v) is 14.1. The van der Waals surface area contributed by atoms with Crippen LogP contribution in [-0.4, -0.2) is 22.6 Å². The Hall–Kier alpha value is -1.00. The molecule has 118 valence electrons. The summed E-state index contributed by atoms with van der Waals surface area (Å²) < 4.78 is 5.89. The Balaban J connectivity index is 2.18. The minimum Gasteiger partial charge on any atom is -0.370 e. The van der Waals surface area contributed by atoms with Gasteiger partial charge >= 0.3 is 0 Å². The number of ether oxygens (including phenoxy) is 1. The third-order valence-electron chi connectivity index (χ3n) is 4.27. The Morgan fingerprint density at radius 3 is 2.81 bits per heavy atom. The first kappa shape index (κ1) is 16.4. The summed E-state index contributed by atoms with van der Waals surface area (Å²) in [5.41, 5.74) is 0.823. The predicted molar refractivity (Wildman–Crippen MR) is 84.9 cm³/mol. The van der Waals surface area contributed by atoms with Gasteiger partial charge in [-0.1, -0.05) is 13.3 Å². The van der Waals surface area contributed by atoms with Crippen molar-refractivity contribution in [3.63, 3.8) is 0 Å². The molecule has 1 aliphatic carbocycles. The van der Waals surface area contributed by atoms with Crippen LogP contribution in [0.25, 0.3) is 0 Å². The van der Waals surface area contributed by atoms with Gasteiger partial charge < -0.3 is 10.1 Å². The molecule has 21 heavy (non-hydrogen) atoms. The molecule has 1 N–H and O–H groups in total. The van der Waals surface area contributed by atoms with Gasteiger partial charge in [0.15, 0.2) is 5.82 Å². The van der Waals surface area contributed by atoms with Gasteiger partial charge in [-0.15, -0.1) is 0 Å². The van der Waals surface area contributed by atoms with E-state index in [4.69, 9.17) is 9.72 Å². The Morgan fingerprint density at radius 1 is 1.43 bits per heavy atom. The summed E-state index contributed by atoms with van der Waals surface area (Å²) in [6.07, 6.45) is 6.35. The van der Waals surface area contributed by atoms with Crippen LogP contribution in [0.1, 0.15) is 64.9 Å². The van der Waals surface area contributed by atoms with Crippen molar-refractivity contribution in [3.8, 4) is 0 Å². The molecular formula is C17H29N3O. The molecule has 4 heteroatoms. The summed E-state index contributed by atoms with van der Waals surface area (Å²) in [5.74, 6) is 1.52. The lowest BCUT2D eigenvalue weighted by molar-refractivity contribution is -0.0647. The first-order chi connectivity index (χ1) is 9.85. The maximum atomic E-state index is 5.89. The smallest absolute Gasteiger partial charge is 0.160 e. The average molecular weight is 291 g/mol. The molecule has 0 radical (unpaired) electrons. The molecule has 4 nitrogen and oxygen atoms in total. The van der Waals surface area contributed by atoms with E-state index in [1.807, 2.05) is 12.3 Å². The summed E-state index contributed by atoms with van der Waals surface area (Å²) in [7, 11) is 1.79. The van der Waals surface area contributed by atoms with Crippen molar-refractivity contribution < 1.29 is 4.74 Å². The maximum absolute atomic E-state index is 5.89. The fraction of sp³-hybridized carbons (Fsp3) is 0.765. The van der Waals surface area contributed by atoms with Crippen LogP contribution < -0.4 is 5.32 Å². The molecule has 0 bridgehead atoms. The van der Waals surface area contributed by atoms with E-state index in [0.717, 1.165) is 30.9 Å². The summed E-state index contributed by atoms with van der Waals surface area (Å²) in [5, 5.41) is 3.48. The quantitative estimate of drug-likeness (QED) is 0.923. The van der Waals surface area contributed by atoms with Crippen molar-refractivity contribution in [2.75, 3.05) is 7.11 Å². The van der Waals surface area contributed by atoms with Crippen LogP contribution in [0.2, 0.25) is 0 Å². The van der Waals surface area contributed by atoms with Gasteiger partial charge in [0.1, 0.15) is 5.60 Å². The molecule has 1 aromatic rings. The first-order valence-corrected chi connectivity index (χ1v) is 7.97. The first-order valence-electron chi connectivity index (χ1n) is 7.97. The molecule has 1 aliphatic rings. The zero-order valence-electron chi connectivity index (χ0n) is 14.1. The molecule has 1 saturated carbocycles. The van der Waals surface area contributed by atoms with Crippen molar-refractivity contribution in [1.29, 1.82) is 0 Å². The molecule has 0 saturated heterocycles. The Morgan fingerprint density at radius 2 is 2.19 bits per heavy atom. The number of hydrogen-bond donors (Lipinski definition) is 1. The number of nitrogens with zero attached hydrogens (tertiary/aromatic N) is 2. The van der Waals surface area contributed by atoms with Gasteiger partial charge in [0.05, 0.1) is 5.69 Å². The summed E-state index contributed by atoms with van der Waals surface area (Å²) in [4.78, 5) is 9.30. The van der Waals surface area contributed by atoms with E-state index in [2.05, 4.69) is 38.0 Å². The number of rotatable bonds is 4. The third-order valence-corrected chi connectivity index (χ3v) is 4.27. The summed E-state index contributed by atoms with van der Waals surface area (Å²) in [6.45, 7) is 9.53. The Labute approximate surface area is 128 Å². The van der Waals surface area contributed by atoms with Crippen LogP contribution in [0, 0.1) is 5.92 Å². The van der Waals surface area contributed by atoms with E-state index in [1.165, 1.54) is 12.8 Å². The molecule has 0 amide bonds. The van der Waals surface area contributed by atoms with E-state index in [1.54, 1.807) is 7.11 Å². The van der Waals surface area contributed by atoms with Crippen molar-refractivity contribution >= 4 is 0 Å². The zero-order chi connectivity index (χ0) is 15.5. The minimum absolute atomic E-state index is 0.0867. The molecule has 1 heterocycles. The van der Waals surface area contributed by atoms with Gasteiger partial charge in [0.25, 0.3) is 0 Å². The number of hydrogen-bond acceptors (Lipinski definition) is 4. The Kier molecular flexibility index (Phi) is 4.99. The molecule has 2 unspecified atom stereocenters. The minimum atomic E-state index is -0.296. The van der Waals surface area contributed by atoms with Crippen LogP contribution in [-0.2, 0) is 16.9 Å². The Bertz CT molecular complexity index is 469. The second-order valence-electron chi connectivity index (χ2n) is 7.38. The fourth-order valence-electron chi connectivity index (χ4n) is 3.05. The standard InChI is InChI=1S/C17H29N3O/c1-13-7-6-9-17(11-13,21-5)15-18-10-8-14(20-15)12-19-16(2,3)4/h8,10,13,19H,6-7,9,11-12H2,1-5H3. The monoisotopic (exact) mass is 291 g/mol. The average Bonchev–Trinajstić information content (AvgIpc) is 2.44. The van der Waals surface area contributed by atoms with E-state index in [0.29, 0.717) is 5.92 Å². The molecular weight excluding hydrogens is 262 g/mol. The van der Waals surface area contributed by atoms with Crippen molar-refractivity contribution in [2.24, 2.45) is 5.92 Å². The fourth-order valence-corrected chi connectivity index (χ4v) is 3.05. The van der Waals surface area contributed by atoms with Crippen LogP contribution in [0.4, 0.5) is 0 Å². The largest absolute Gasteiger partial charge is 0.370 e. The summed E-state index contributed by atoms with van der Waals surface area (Å²) in [6, 6.07) is 1.98. The molecule has 0 aromatic carbocycles. The lowest BCUT2D eigenvalue weighted by Gasteiger charge is -2.37. The van der Waals surface area contributed by atoms with Crippen LogP contribution in [0.15, 0.2) is 12.3 Å². The molecule has 0 spiro atoms. The van der Waals surface area contributed by atoms with E-state index in [-0.39, 0.29) is 11.1 Å². The predicted octanol–water partition coefficient (Wildman–Crippen LogP) is 3.42. The second-order valence-corrected chi connectivity index (χ2v) is 7.38.